The molecule has 0 fully saturated rings. The second kappa shape index (κ2) is 10.0. The van der Waals surface area contributed by atoms with Crippen molar-refractivity contribution in [1.29, 1.82) is 0 Å². The van der Waals surface area contributed by atoms with Gasteiger partial charge in [0.05, 0.1) is 11.1 Å². The Bertz CT molecular complexity index is 1140. The quantitative estimate of drug-likeness (QED) is 0.358. The van der Waals surface area contributed by atoms with E-state index in [1.807, 2.05) is 92.9 Å². The smallest absolute Gasteiger partial charge is 0.312 e. The molecule has 2 heterocycles. The van der Waals surface area contributed by atoms with Crippen LogP contribution >= 0.6 is 0 Å². The molecule has 0 N–H and O–H groups in total. The maximum Gasteiger partial charge on any atom is 0.312 e. The number of carbonyl (C=O) groups excluding carboxylic acids is 2. The first-order chi connectivity index (χ1) is 16.0. The van der Waals surface area contributed by atoms with E-state index in [1.54, 1.807) is 4.90 Å². The van der Waals surface area contributed by atoms with Crippen LogP contribution in [0.3, 0.4) is 0 Å². The summed E-state index contributed by atoms with van der Waals surface area (Å²) in [4.78, 5) is 28.5. The monoisotopic (exact) mass is 462 g/mol. The number of amides is 1. The number of ether oxygens (including phenoxy) is 1. The van der Waals surface area contributed by atoms with Crippen molar-refractivity contribution in [2.24, 2.45) is 10.8 Å². The van der Waals surface area contributed by atoms with Gasteiger partial charge in [0.1, 0.15) is 0 Å². The van der Waals surface area contributed by atoms with Crippen LogP contribution < -0.4 is 0 Å². The maximum absolute atomic E-state index is 13.5. The normalized spacial score (nSPS) is 13.0. The molecule has 34 heavy (non-hydrogen) atoms. The topological polar surface area (TPSA) is 51.0 Å². The van der Waals surface area contributed by atoms with Gasteiger partial charge in [-0.05, 0) is 69.4 Å². The Morgan fingerprint density at radius 2 is 1.59 bits per heavy atom. The summed E-state index contributed by atoms with van der Waals surface area (Å²) in [6, 6.07) is 17.4. The van der Waals surface area contributed by atoms with E-state index in [2.05, 4.69) is 20.8 Å². The van der Waals surface area contributed by atoms with E-state index in [-0.39, 0.29) is 17.3 Å². The number of aromatic nitrogens is 1. The molecule has 0 radical (unpaired) electrons. The average molecular weight is 463 g/mol. The number of nitrogens with zero attached hydrogens (tertiary/aromatic N) is 2. The summed E-state index contributed by atoms with van der Waals surface area (Å²) in [7, 11) is 0. The summed E-state index contributed by atoms with van der Waals surface area (Å²) in [5.41, 5.74) is 2.42. The van der Waals surface area contributed by atoms with E-state index in [9.17, 15) is 9.59 Å². The van der Waals surface area contributed by atoms with Crippen LogP contribution in [0.2, 0.25) is 0 Å². The number of pyridine rings is 1. The Kier molecular flexibility index (Phi) is 7.54. The van der Waals surface area contributed by atoms with Gasteiger partial charge in [-0.25, -0.2) is 0 Å². The van der Waals surface area contributed by atoms with Crippen LogP contribution in [0.4, 0.5) is 0 Å². The number of fused-ring (bicyclic) bond motifs is 1. The molecule has 0 spiro atoms. The molecule has 1 atom stereocenters. The molecule has 0 bridgehead atoms. The zero-order valence-electron chi connectivity index (χ0n) is 21.6. The van der Waals surface area contributed by atoms with Crippen LogP contribution in [0.1, 0.15) is 82.6 Å². The summed E-state index contributed by atoms with van der Waals surface area (Å²) in [6.45, 7) is 15.5. The summed E-state index contributed by atoms with van der Waals surface area (Å²) < 4.78 is 8.27. The van der Waals surface area contributed by atoms with E-state index in [0.717, 1.165) is 16.8 Å². The lowest BCUT2D eigenvalue weighted by atomic mass is 9.76. The van der Waals surface area contributed by atoms with E-state index < -0.39 is 11.5 Å². The molecule has 0 aliphatic heterocycles. The van der Waals surface area contributed by atoms with Gasteiger partial charge in [-0.3, -0.25) is 9.59 Å². The third-order valence-electron chi connectivity index (χ3n) is 6.08. The van der Waals surface area contributed by atoms with Gasteiger partial charge in [0.25, 0.3) is 5.91 Å². The lowest BCUT2D eigenvalue weighted by Crippen LogP contribution is -2.33. The third kappa shape index (κ3) is 5.69. The van der Waals surface area contributed by atoms with Gasteiger partial charge in [0, 0.05) is 30.4 Å². The first-order valence-corrected chi connectivity index (χ1v) is 12.1. The number of esters is 1. The Morgan fingerprint density at radius 1 is 0.941 bits per heavy atom. The number of hydrogen-bond donors (Lipinski definition) is 0. The molecule has 3 rings (SSSR count). The number of carbonyl (C=O) groups is 2. The first-order valence-electron chi connectivity index (χ1n) is 12.1. The Morgan fingerprint density at radius 3 is 2.18 bits per heavy atom. The van der Waals surface area contributed by atoms with Crippen molar-refractivity contribution in [2.45, 2.75) is 61.0 Å². The second-order valence-electron chi connectivity index (χ2n) is 10.8. The molecule has 0 saturated heterocycles. The molecule has 5 heteroatoms. The highest BCUT2D eigenvalue weighted by molar-refractivity contribution is 5.95. The van der Waals surface area contributed by atoms with Gasteiger partial charge in [-0.2, -0.15) is 0 Å². The molecular weight excluding hydrogens is 424 g/mol. The molecule has 2 aromatic heterocycles. The van der Waals surface area contributed by atoms with Crippen LogP contribution in [0, 0.1) is 10.8 Å². The summed E-state index contributed by atoms with van der Waals surface area (Å²) in [5.74, 6) is -0.279. The first kappa shape index (κ1) is 25.5. The molecule has 1 amide bonds. The van der Waals surface area contributed by atoms with Crippen LogP contribution in [0.5, 0.6) is 0 Å². The number of rotatable bonds is 8. The van der Waals surface area contributed by atoms with E-state index in [0.29, 0.717) is 25.1 Å². The lowest BCUT2D eigenvalue weighted by molar-refractivity contribution is -0.160. The average Bonchev–Trinajstić information content (AvgIpc) is 3.25. The number of hydrogen-bond acceptors (Lipinski definition) is 3. The molecule has 0 aliphatic carbocycles. The van der Waals surface area contributed by atoms with Gasteiger partial charge in [0.2, 0.25) is 0 Å². The van der Waals surface area contributed by atoms with Crippen molar-refractivity contribution in [2.75, 3.05) is 13.1 Å². The predicted molar refractivity (Wildman–Crippen MR) is 137 cm³/mol. The van der Waals surface area contributed by atoms with Gasteiger partial charge in [0.15, 0.2) is 6.10 Å². The molecule has 1 aromatic carbocycles. The Hall–Kier alpha value is -3.08. The Balaban J connectivity index is 2.12. The summed E-state index contributed by atoms with van der Waals surface area (Å²) in [5, 5.41) is 0. The zero-order valence-corrected chi connectivity index (χ0v) is 21.6. The van der Waals surface area contributed by atoms with Gasteiger partial charge < -0.3 is 14.0 Å². The van der Waals surface area contributed by atoms with Crippen molar-refractivity contribution in [3.63, 3.8) is 0 Å². The molecule has 0 aliphatic rings. The largest absolute Gasteiger partial charge is 0.451 e. The third-order valence-corrected chi connectivity index (χ3v) is 6.08. The molecule has 0 saturated carbocycles. The molecule has 5 nitrogen and oxygen atoms in total. The van der Waals surface area contributed by atoms with Gasteiger partial charge in [-0.15, -0.1) is 0 Å². The molecular formula is C29H38N2O3. The van der Waals surface area contributed by atoms with E-state index in [4.69, 9.17) is 4.74 Å². The second-order valence-corrected chi connectivity index (χ2v) is 10.8. The van der Waals surface area contributed by atoms with Crippen molar-refractivity contribution in [3.05, 3.63) is 77.6 Å². The highest BCUT2D eigenvalue weighted by atomic mass is 16.5. The minimum absolute atomic E-state index is 0.0193. The van der Waals surface area contributed by atoms with Crippen molar-refractivity contribution < 1.29 is 14.3 Å². The highest BCUT2D eigenvalue weighted by Gasteiger charge is 2.36. The molecule has 1 unspecified atom stereocenters. The van der Waals surface area contributed by atoms with Crippen LogP contribution in [0.25, 0.3) is 5.52 Å². The predicted octanol–water partition coefficient (Wildman–Crippen LogP) is 6.52. The van der Waals surface area contributed by atoms with Crippen LogP contribution in [-0.4, -0.2) is 34.3 Å². The summed E-state index contributed by atoms with van der Waals surface area (Å²) >= 11 is 0. The fourth-order valence-electron chi connectivity index (χ4n) is 4.79. The van der Waals surface area contributed by atoms with E-state index in [1.165, 1.54) is 0 Å². The standard InChI is InChI=1S/C29H38N2O3/c1-8-30(9-2)26(32)22-18-23-16-13-17-31(23)24(19-22)25(21-14-11-10-12-15-21)34-27(33)29(6,7)20-28(3,4)5/h10-19,25H,8-9,20H2,1-7H3. The minimum Gasteiger partial charge on any atom is -0.451 e. The minimum atomic E-state index is -0.657. The molecule has 182 valence electrons. The molecule has 3 aromatic rings. The van der Waals surface area contributed by atoms with Gasteiger partial charge >= 0.3 is 5.97 Å². The van der Waals surface area contributed by atoms with Crippen LogP contribution in [-0.2, 0) is 9.53 Å². The van der Waals surface area contributed by atoms with Crippen LogP contribution in [0.15, 0.2) is 60.8 Å². The maximum atomic E-state index is 13.5. The fraction of sp³-hybridized carbons (Fsp3) is 0.448. The zero-order chi connectivity index (χ0) is 25.1. The van der Waals surface area contributed by atoms with E-state index >= 15 is 0 Å². The Labute approximate surface area is 203 Å². The van der Waals surface area contributed by atoms with Crippen molar-refractivity contribution in [1.82, 2.24) is 9.30 Å². The fourth-order valence-corrected chi connectivity index (χ4v) is 4.79. The SMILES string of the molecule is CCN(CC)C(=O)c1cc(C(OC(=O)C(C)(C)CC(C)(C)C)c2ccccc2)n2cccc2c1. The van der Waals surface area contributed by atoms with Crippen molar-refractivity contribution >= 4 is 17.4 Å². The van der Waals surface area contributed by atoms with Crippen molar-refractivity contribution in [3.8, 4) is 0 Å². The van der Waals surface area contributed by atoms with Gasteiger partial charge in [-0.1, -0.05) is 51.1 Å². The summed E-state index contributed by atoms with van der Waals surface area (Å²) in [6.07, 6.45) is 1.99. The lowest BCUT2D eigenvalue weighted by Gasteiger charge is -2.32. The highest BCUT2D eigenvalue weighted by Crippen LogP contribution is 2.37. The number of benzene rings is 1.